The van der Waals surface area contributed by atoms with Crippen LogP contribution in [-0.4, -0.2) is 10.2 Å². The average Bonchev–Trinajstić information content (AvgIpc) is 2.66. The summed E-state index contributed by atoms with van der Waals surface area (Å²) in [7, 11) is 0. The van der Waals surface area contributed by atoms with Crippen LogP contribution in [-0.2, 0) is 6.54 Å². The van der Waals surface area contributed by atoms with Gasteiger partial charge in [0.1, 0.15) is 0 Å². The van der Waals surface area contributed by atoms with Crippen LogP contribution in [0.15, 0.2) is 24.3 Å². The first-order valence-corrected chi connectivity index (χ1v) is 6.45. The lowest BCUT2D eigenvalue weighted by Gasteiger charge is -2.14. The molecule has 0 fully saturated rings. The highest BCUT2D eigenvalue weighted by molar-refractivity contribution is 6.30. The average molecular weight is 264 g/mol. The molecule has 0 spiro atoms. The number of nitrogens with one attached hydrogen (secondary N) is 2. The number of halogens is 1. The van der Waals surface area contributed by atoms with Crippen molar-refractivity contribution in [3.05, 3.63) is 51.8 Å². The molecule has 3 nitrogen and oxygen atoms in total. The highest BCUT2D eigenvalue weighted by atomic mass is 35.5. The van der Waals surface area contributed by atoms with Gasteiger partial charge in [0.2, 0.25) is 0 Å². The van der Waals surface area contributed by atoms with Crippen LogP contribution in [0.1, 0.15) is 35.5 Å². The number of hydrogen-bond donors (Lipinski definition) is 2. The molecule has 96 valence electrons. The molecule has 1 unspecified atom stereocenters. The molecule has 0 saturated carbocycles. The Morgan fingerprint density at radius 3 is 2.78 bits per heavy atom. The number of aryl methyl sites for hydroxylation is 2. The van der Waals surface area contributed by atoms with E-state index in [-0.39, 0.29) is 6.04 Å². The number of nitrogens with zero attached hydrogens (tertiary/aromatic N) is 1. The Kier molecular flexibility index (Phi) is 4.04. The van der Waals surface area contributed by atoms with E-state index >= 15 is 0 Å². The number of rotatable bonds is 4. The summed E-state index contributed by atoms with van der Waals surface area (Å²) in [6.45, 7) is 7.00. The number of H-pyrrole nitrogens is 1. The molecule has 1 aromatic carbocycles. The summed E-state index contributed by atoms with van der Waals surface area (Å²) in [4.78, 5) is 0. The van der Waals surface area contributed by atoms with Crippen LogP contribution in [0.3, 0.4) is 0 Å². The number of aromatic nitrogens is 2. The third-order valence-corrected chi connectivity index (χ3v) is 3.45. The number of hydrogen-bond acceptors (Lipinski definition) is 2. The summed E-state index contributed by atoms with van der Waals surface area (Å²) in [5.41, 5.74) is 4.61. The van der Waals surface area contributed by atoms with Crippen LogP contribution < -0.4 is 5.32 Å². The first kappa shape index (κ1) is 13.1. The van der Waals surface area contributed by atoms with Crippen LogP contribution in [0, 0.1) is 13.8 Å². The van der Waals surface area contributed by atoms with Crippen molar-refractivity contribution in [3.8, 4) is 0 Å². The maximum absolute atomic E-state index is 6.00. The van der Waals surface area contributed by atoms with E-state index in [2.05, 4.69) is 28.5 Å². The maximum atomic E-state index is 6.00. The van der Waals surface area contributed by atoms with Crippen molar-refractivity contribution in [1.29, 1.82) is 0 Å². The molecule has 1 heterocycles. The van der Waals surface area contributed by atoms with E-state index in [0.717, 1.165) is 23.0 Å². The van der Waals surface area contributed by atoms with Crippen molar-refractivity contribution in [1.82, 2.24) is 15.5 Å². The van der Waals surface area contributed by atoms with Gasteiger partial charge < -0.3 is 5.32 Å². The Hall–Kier alpha value is -1.32. The zero-order chi connectivity index (χ0) is 13.1. The Labute approximate surface area is 113 Å². The monoisotopic (exact) mass is 263 g/mol. The van der Waals surface area contributed by atoms with Gasteiger partial charge in [-0.25, -0.2) is 0 Å². The van der Waals surface area contributed by atoms with Gasteiger partial charge in [-0.15, -0.1) is 0 Å². The van der Waals surface area contributed by atoms with Crippen LogP contribution in [0.5, 0.6) is 0 Å². The molecule has 2 aromatic rings. The van der Waals surface area contributed by atoms with Crippen molar-refractivity contribution in [2.45, 2.75) is 33.4 Å². The first-order chi connectivity index (χ1) is 8.58. The fraction of sp³-hybridized carbons (Fsp3) is 0.357. The van der Waals surface area contributed by atoms with Gasteiger partial charge in [0.25, 0.3) is 0 Å². The van der Waals surface area contributed by atoms with Crippen molar-refractivity contribution in [2.24, 2.45) is 0 Å². The summed E-state index contributed by atoms with van der Waals surface area (Å²) < 4.78 is 0. The Morgan fingerprint density at radius 2 is 2.17 bits per heavy atom. The van der Waals surface area contributed by atoms with Gasteiger partial charge >= 0.3 is 0 Å². The minimum absolute atomic E-state index is 0.261. The molecule has 0 saturated heterocycles. The third kappa shape index (κ3) is 2.92. The lowest BCUT2D eigenvalue weighted by molar-refractivity contribution is 0.572. The second-order valence-corrected chi connectivity index (χ2v) is 5.01. The normalized spacial score (nSPS) is 12.7. The van der Waals surface area contributed by atoms with E-state index in [0.29, 0.717) is 0 Å². The van der Waals surface area contributed by atoms with Gasteiger partial charge in [0.15, 0.2) is 0 Å². The van der Waals surface area contributed by atoms with E-state index in [1.54, 1.807) is 0 Å². The van der Waals surface area contributed by atoms with Crippen LogP contribution in [0.25, 0.3) is 0 Å². The molecule has 0 aliphatic heterocycles. The molecule has 0 bridgehead atoms. The summed E-state index contributed by atoms with van der Waals surface area (Å²) in [6, 6.07) is 8.21. The fourth-order valence-electron chi connectivity index (χ4n) is 1.98. The first-order valence-electron chi connectivity index (χ1n) is 6.07. The maximum Gasteiger partial charge on any atom is 0.0638 e. The molecular weight excluding hydrogens is 246 g/mol. The van der Waals surface area contributed by atoms with Crippen LogP contribution in [0.2, 0.25) is 5.02 Å². The van der Waals surface area contributed by atoms with Gasteiger partial charge in [-0.2, -0.15) is 5.10 Å². The lowest BCUT2D eigenvalue weighted by atomic mass is 10.1. The number of aromatic amines is 1. The van der Waals surface area contributed by atoms with Crippen LogP contribution in [0.4, 0.5) is 0 Å². The Bertz CT molecular complexity index is 514. The molecule has 18 heavy (non-hydrogen) atoms. The fourth-order valence-corrected chi connectivity index (χ4v) is 2.18. The van der Waals surface area contributed by atoms with Gasteiger partial charge in [-0.3, -0.25) is 5.10 Å². The molecule has 1 aromatic heterocycles. The topological polar surface area (TPSA) is 40.7 Å². The molecular formula is C14H18ClN3. The highest BCUT2D eigenvalue weighted by Crippen LogP contribution is 2.18. The molecule has 4 heteroatoms. The molecule has 0 aliphatic rings. The predicted molar refractivity (Wildman–Crippen MR) is 74.8 cm³/mol. The molecule has 2 rings (SSSR count). The summed E-state index contributed by atoms with van der Waals surface area (Å²) in [5, 5.41) is 11.5. The van der Waals surface area contributed by atoms with E-state index in [1.165, 1.54) is 11.1 Å². The molecule has 2 N–H and O–H groups in total. The van der Waals surface area contributed by atoms with Crippen molar-refractivity contribution in [3.63, 3.8) is 0 Å². The van der Waals surface area contributed by atoms with E-state index < -0.39 is 0 Å². The minimum atomic E-state index is 0.261. The van der Waals surface area contributed by atoms with Gasteiger partial charge in [-0.05, 0) is 38.5 Å². The van der Waals surface area contributed by atoms with E-state index in [4.69, 9.17) is 11.6 Å². The van der Waals surface area contributed by atoms with Gasteiger partial charge in [-0.1, -0.05) is 23.7 Å². The second-order valence-electron chi connectivity index (χ2n) is 4.57. The van der Waals surface area contributed by atoms with Crippen molar-refractivity contribution < 1.29 is 0 Å². The third-order valence-electron chi connectivity index (χ3n) is 3.21. The molecule has 1 atom stereocenters. The highest BCUT2D eigenvalue weighted by Gasteiger charge is 2.09. The number of benzene rings is 1. The van der Waals surface area contributed by atoms with Crippen molar-refractivity contribution >= 4 is 11.6 Å². The summed E-state index contributed by atoms with van der Waals surface area (Å²) in [5.74, 6) is 0. The van der Waals surface area contributed by atoms with Gasteiger partial charge in [0.05, 0.1) is 5.69 Å². The van der Waals surface area contributed by atoms with E-state index in [1.807, 2.05) is 32.0 Å². The minimum Gasteiger partial charge on any atom is -0.306 e. The molecule has 0 radical (unpaired) electrons. The summed E-state index contributed by atoms with van der Waals surface area (Å²) in [6.07, 6.45) is 0. The van der Waals surface area contributed by atoms with Gasteiger partial charge in [0, 0.05) is 28.9 Å². The Morgan fingerprint density at radius 1 is 1.39 bits per heavy atom. The molecule has 0 amide bonds. The summed E-state index contributed by atoms with van der Waals surface area (Å²) >= 11 is 6.00. The molecule has 0 aliphatic carbocycles. The lowest BCUT2D eigenvalue weighted by Crippen LogP contribution is -2.18. The zero-order valence-corrected chi connectivity index (χ0v) is 11.7. The van der Waals surface area contributed by atoms with Crippen LogP contribution >= 0.6 is 11.6 Å². The predicted octanol–water partition coefficient (Wildman–Crippen LogP) is 3.53. The largest absolute Gasteiger partial charge is 0.306 e. The van der Waals surface area contributed by atoms with Crippen molar-refractivity contribution in [2.75, 3.05) is 0 Å². The zero-order valence-electron chi connectivity index (χ0n) is 10.9. The Balaban J connectivity index is 2.02. The SMILES string of the molecule is Cc1n[nH]c(C)c1CNC(C)c1cccc(Cl)c1. The quantitative estimate of drug-likeness (QED) is 0.886. The smallest absolute Gasteiger partial charge is 0.0638 e. The standard InChI is InChI=1S/C14H18ClN3/c1-9(12-5-4-6-13(15)7-12)16-8-14-10(2)17-18-11(14)3/h4-7,9,16H,8H2,1-3H3,(H,17,18). The second kappa shape index (κ2) is 5.55. The van der Waals surface area contributed by atoms with E-state index in [9.17, 15) is 0 Å².